The maximum atomic E-state index is 13.5. The molecule has 0 aliphatic carbocycles. The van der Waals surface area contributed by atoms with Crippen LogP contribution in [0.4, 0.5) is 8.78 Å². The largest absolute Gasteiger partial charge is 0.368 e. The number of carbonyl (C=O) groups is 2. The molecule has 18 heavy (non-hydrogen) atoms. The van der Waals surface area contributed by atoms with Crippen LogP contribution in [0.3, 0.4) is 0 Å². The summed E-state index contributed by atoms with van der Waals surface area (Å²) in [7, 11) is 0. The van der Waals surface area contributed by atoms with Gasteiger partial charge in [0.15, 0.2) is 11.6 Å². The molecule has 2 rings (SSSR count). The first-order valence-electron chi connectivity index (χ1n) is 5.56. The van der Waals surface area contributed by atoms with E-state index < -0.39 is 29.5 Å². The predicted molar refractivity (Wildman–Crippen MR) is 59.6 cm³/mol. The minimum absolute atomic E-state index is 0.322. The second-order valence-corrected chi connectivity index (χ2v) is 4.16. The number of rotatable bonds is 2. The summed E-state index contributed by atoms with van der Waals surface area (Å²) >= 11 is 0. The van der Waals surface area contributed by atoms with Crippen molar-refractivity contribution in [3.05, 3.63) is 35.4 Å². The van der Waals surface area contributed by atoms with Gasteiger partial charge in [-0.05, 0) is 25.0 Å². The Balaban J connectivity index is 2.31. The van der Waals surface area contributed by atoms with Crippen molar-refractivity contribution in [2.45, 2.75) is 18.9 Å². The third-order valence-corrected chi connectivity index (χ3v) is 3.02. The van der Waals surface area contributed by atoms with Crippen LogP contribution >= 0.6 is 0 Å². The van der Waals surface area contributed by atoms with Crippen LogP contribution in [0.5, 0.6) is 0 Å². The van der Waals surface area contributed by atoms with Crippen molar-refractivity contribution in [2.24, 2.45) is 5.73 Å². The Bertz CT molecular complexity index is 505. The number of nitrogens with zero attached hydrogens (tertiary/aromatic N) is 1. The summed E-state index contributed by atoms with van der Waals surface area (Å²) in [4.78, 5) is 24.4. The number of hydrogen-bond acceptors (Lipinski definition) is 2. The van der Waals surface area contributed by atoms with E-state index in [1.54, 1.807) is 0 Å². The molecule has 2 amide bonds. The van der Waals surface area contributed by atoms with Crippen molar-refractivity contribution in [3.8, 4) is 0 Å². The van der Waals surface area contributed by atoms with Gasteiger partial charge in [-0.25, -0.2) is 8.78 Å². The highest BCUT2D eigenvalue weighted by Gasteiger charge is 2.34. The highest BCUT2D eigenvalue weighted by molar-refractivity contribution is 5.97. The van der Waals surface area contributed by atoms with E-state index in [4.69, 9.17) is 5.73 Å². The third kappa shape index (κ3) is 2.05. The number of primary amides is 1. The molecule has 2 N–H and O–H groups in total. The van der Waals surface area contributed by atoms with Gasteiger partial charge in [-0.2, -0.15) is 0 Å². The minimum Gasteiger partial charge on any atom is -0.368 e. The number of amides is 2. The first kappa shape index (κ1) is 12.5. The summed E-state index contributed by atoms with van der Waals surface area (Å²) in [5, 5.41) is 0. The standard InChI is InChI=1S/C12H12F2N2O2/c13-8-4-1-3-7(10(8)14)12(18)16-6-2-5-9(16)11(15)17/h1,3-4,9H,2,5-6H2,(H2,15,17). The smallest absolute Gasteiger partial charge is 0.257 e. The first-order valence-corrected chi connectivity index (χ1v) is 5.56. The van der Waals surface area contributed by atoms with Gasteiger partial charge in [0.25, 0.3) is 5.91 Å². The van der Waals surface area contributed by atoms with Crippen molar-refractivity contribution >= 4 is 11.8 Å². The molecular weight excluding hydrogens is 242 g/mol. The van der Waals surface area contributed by atoms with Crippen LogP contribution in [0, 0.1) is 11.6 Å². The van der Waals surface area contributed by atoms with Crippen LogP contribution in [-0.2, 0) is 4.79 Å². The molecule has 1 atom stereocenters. The fourth-order valence-electron chi connectivity index (χ4n) is 2.13. The molecule has 0 bridgehead atoms. The van der Waals surface area contributed by atoms with Gasteiger partial charge >= 0.3 is 0 Å². The molecular formula is C12H12F2N2O2. The number of benzene rings is 1. The third-order valence-electron chi connectivity index (χ3n) is 3.02. The van der Waals surface area contributed by atoms with E-state index in [2.05, 4.69) is 0 Å². The van der Waals surface area contributed by atoms with Crippen LogP contribution in [0.15, 0.2) is 18.2 Å². The van der Waals surface area contributed by atoms with E-state index >= 15 is 0 Å². The molecule has 0 spiro atoms. The summed E-state index contributed by atoms with van der Waals surface area (Å²) < 4.78 is 26.5. The molecule has 1 heterocycles. The van der Waals surface area contributed by atoms with Gasteiger partial charge in [-0.3, -0.25) is 9.59 Å². The van der Waals surface area contributed by atoms with Crippen molar-refractivity contribution in [3.63, 3.8) is 0 Å². The van der Waals surface area contributed by atoms with Gasteiger partial charge in [0.05, 0.1) is 5.56 Å². The van der Waals surface area contributed by atoms with Gasteiger partial charge in [-0.15, -0.1) is 0 Å². The van der Waals surface area contributed by atoms with Gasteiger partial charge in [-0.1, -0.05) is 6.07 Å². The zero-order chi connectivity index (χ0) is 13.3. The lowest BCUT2D eigenvalue weighted by atomic mass is 10.1. The maximum absolute atomic E-state index is 13.5. The fourth-order valence-corrected chi connectivity index (χ4v) is 2.13. The quantitative estimate of drug-likeness (QED) is 0.857. The Morgan fingerprint density at radius 3 is 2.72 bits per heavy atom. The fraction of sp³-hybridized carbons (Fsp3) is 0.333. The summed E-state index contributed by atoms with van der Waals surface area (Å²) in [6, 6.07) is 2.64. The molecule has 1 aliphatic rings. The molecule has 1 saturated heterocycles. The molecule has 1 aromatic rings. The molecule has 1 fully saturated rings. The second kappa shape index (κ2) is 4.72. The Labute approximate surface area is 102 Å². The van der Waals surface area contributed by atoms with E-state index in [1.165, 1.54) is 17.0 Å². The van der Waals surface area contributed by atoms with Gasteiger partial charge in [0.2, 0.25) is 5.91 Å². The van der Waals surface area contributed by atoms with E-state index in [0.29, 0.717) is 19.4 Å². The van der Waals surface area contributed by atoms with E-state index in [1.807, 2.05) is 0 Å². The van der Waals surface area contributed by atoms with Crippen molar-refractivity contribution < 1.29 is 18.4 Å². The average molecular weight is 254 g/mol. The topological polar surface area (TPSA) is 63.4 Å². The Kier molecular flexibility index (Phi) is 3.27. The van der Waals surface area contributed by atoms with Crippen LogP contribution in [0.2, 0.25) is 0 Å². The molecule has 96 valence electrons. The first-order chi connectivity index (χ1) is 8.52. The Hall–Kier alpha value is -1.98. The van der Waals surface area contributed by atoms with Crippen LogP contribution < -0.4 is 5.73 Å². The highest BCUT2D eigenvalue weighted by Crippen LogP contribution is 2.21. The monoisotopic (exact) mass is 254 g/mol. The molecule has 6 heteroatoms. The normalized spacial score (nSPS) is 19.0. The zero-order valence-corrected chi connectivity index (χ0v) is 9.53. The lowest BCUT2D eigenvalue weighted by molar-refractivity contribution is -0.121. The Morgan fingerprint density at radius 1 is 1.33 bits per heavy atom. The van der Waals surface area contributed by atoms with Crippen LogP contribution in [-0.4, -0.2) is 29.3 Å². The van der Waals surface area contributed by atoms with E-state index in [0.717, 1.165) is 6.07 Å². The minimum atomic E-state index is -1.20. The predicted octanol–water partition coefficient (Wildman–Crippen LogP) is 1.05. The zero-order valence-electron chi connectivity index (χ0n) is 9.53. The number of nitrogens with two attached hydrogens (primary N) is 1. The average Bonchev–Trinajstić information content (AvgIpc) is 2.81. The maximum Gasteiger partial charge on any atom is 0.257 e. The Morgan fingerprint density at radius 2 is 2.06 bits per heavy atom. The number of hydrogen-bond donors (Lipinski definition) is 1. The van der Waals surface area contributed by atoms with Crippen molar-refractivity contribution in [1.29, 1.82) is 0 Å². The molecule has 1 aromatic carbocycles. The van der Waals surface area contributed by atoms with E-state index in [-0.39, 0.29) is 5.56 Å². The summed E-state index contributed by atoms with van der Waals surface area (Å²) in [5.41, 5.74) is 4.80. The summed E-state index contributed by atoms with van der Waals surface area (Å²) in [6.07, 6.45) is 1.08. The number of likely N-dealkylation sites (tertiary alicyclic amines) is 1. The van der Waals surface area contributed by atoms with Crippen molar-refractivity contribution in [2.75, 3.05) is 6.54 Å². The number of carbonyl (C=O) groups excluding carboxylic acids is 2. The summed E-state index contributed by atoms with van der Waals surface area (Å²) in [5.74, 6) is -3.61. The SMILES string of the molecule is NC(=O)C1CCCN1C(=O)c1cccc(F)c1F. The van der Waals surface area contributed by atoms with Gasteiger partial charge in [0, 0.05) is 6.54 Å². The molecule has 1 aliphatic heterocycles. The van der Waals surface area contributed by atoms with E-state index in [9.17, 15) is 18.4 Å². The molecule has 4 nitrogen and oxygen atoms in total. The molecule has 0 radical (unpaired) electrons. The highest BCUT2D eigenvalue weighted by atomic mass is 19.2. The van der Waals surface area contributed by atoms with Gasteiger partial charge < -0.3 is 10.6 Å². The second-order valence-electron chi connectivity index (χ2n) is 4.16. The number of halogens is 2. The van der Waals surface area contributed by atoms with Crippen LogP contribution in [0.25, 0.3) is 0 Å². The van der Waals surface area contributed by atoms with Gasteiger partial charge in [0.1, 0.15) is 6.04 Å². The van der Waals surface area contributed by atoms with Crippen LogP contribution in [0.1, 0.15) is 23.2 Å². The van der Waals surface area contributed by atoms with Crippen molar-refractivity contribution in [1.82, 2.24) is 4.90 Å². The lowest BCUT2D eigenvalue weighted by Gasteiger charge is -2.22. The lowest BCUT2D eigenvalue weighted by Crippen LogP contribution is -2.44. The molecule has 0 saturated carbocycles. The summed E-state index contributed by atoms with van der Waals surface area (Å²) in [6.45, 7) is 0.322. The molecule has 0 aromatic heterocycles. The molecule has 1 unspecified atom stereocenters.